The van der Waals surface area contributed by atoms with E-state index in [4.69, 9.17) is 29.0 Å². The van der Waals surface area contributed by atoms with E-state index in [1.807, 2.05) is 55.5 Å². The predicted octanol–water partition coefficient (Wildman–Crippen LogP) is 8.21. The molecule has 0 radical (unpaired) electrons. The van der Waals surface area contributed by atoms with Gasteiger partial charge < -0.3 is 29.0 Å². The van der Waals surface area contributed by atoms with E-state index in [9.17, 15) is 0 Å². The molecule has 4 rings (SSSR count). The van der Waals surface area contributed by atoms with Crippen molar-refractivity contribution in [1.29, 1.82) is 0 Å². The van der Waals surface area contributed by atoms with Crippen LogP contribution < -0.4 is 24.4 Å². The Morgan fingerprint density at radius 2 is 0.891 bits per heavy atom. The number of unbranched alkanes of at least 4 members (excludes halogenated alkanes) is 4. The Morgan fingerprint density at radius 3 is 1.26 bits per heavy atom. The molecule has 0 aliphatic carbocycles. The summed E-state index contributed by atoms with van der Waals surface area (Å²) in [5.74, 6) is 3.30. The summed E-state index contributed by atoms with van der Waals surface area (Å²) >= 11 is 0. The topological polar surface area (TPSA) is 77.4 Å². The SMILES string of the molecule is CCCCCc1ccc(-c2cc(OC)cc(OC)c2)cc1.CCCCCc1ccc(B(O)O)cc1.COc1cc(C)cc(OC)c1. The molecule has 0 spiro atoms. The van der Waals surface area contributed by atoms with E-state index >= 15 is 0 Å². The van der Waals surface area contributed by atoms with Gasteiger partial charge in [-0.05, 0) is 90.2 Å². The summed E-state index contributed by atoms with van der Waals surface area (Å²) < 4.78 is 20.8. The van der Waals surface area contributed by atoms with Gasteiger partial charge in [0.15, 0.2) is 0 Å². The van der Waals surface area contributed by atoms with Crippen LogP contribution in [-0.4, -0.2) is 45.6 Å². The zero-order valence-electron chi connectivity index (χ0n) is 28.8. The zero-order chi connectivity index (χ0) is 33.7. The van der Waals surface area contributed by atoms with Crippen molar-refractivity contribution in [3.8, 4) is 34.1 Å². The molecule has 46 heavy (non-hydrogen) atoms. The summed E-state index contributed by atoms with van der Waals surface area (Å²) in [5.41, 5.74) is 6.67. The van der Waals surface area contributed by atoms with E-state index in [1.54, 1.807) is 40.6 Å². The maximum atomic E-state index is 8.88. The van der Waals surface area contributed by atoms with Gasteiger partial charge in [0.25, 0.3) is 0 Å². The van der Waals surface area contributed by atoms with Crippen LogP contribution in [-0.2, 0) is 12.8 Å². The standard InChI is InChI=1S/C19H24O2.C11H17BO2.C9H12O2/c1-4-5-6-7-15-8-10-16(11-9-15)17-12-18(20-2)14-19(13-17)21-3;1-2-3-4-5-10-6-8-11(9-7-10)12(13)14;1-7-4-8(10-2)6-9(5-7)11-3/h8-14H,4-7H2,1-3H3;6-9,13-14H,2-5H2,1H3;4-6H,1-3H3. The number of methoxy groups -OCH3 is 4. The van der Waals surface area contributed by atoms with Gasteiger partial charge in [0, 0.05) is 12.1 Å². The van der Waals surface area contributed by atoms with E-state index in [2.05, 4.69) is 38.1 Å². The van der Waals surface area contributed by atoms with Gasteiger partial charge in [-0.3, -0.25) is 0 Å². The molecule has 0 saturated heterocycles. The normalized spacial score (nSPS) is 10.1. The minimum absolute atomic E-state index is 0.559. The third-order valence-electron chi connectivity index (χ3n) is 7.55. The summed E-state index contributed by atoms with van der Waals surface area (Å²) in [4.78, 5) is 0. The molecule has 0 fully saturated rings. The zero-order valence-corrected chi connectivity index (χ0v) is 28.8. The van der Waals surface area contributed by atoms with Gasteiger partial charge in [-0.2, -0.15) is 0 Å². The van der Waals surface area contributed by atoms with E-state index in [0.717, 1.165) is 47.0 Å². The molecule has 0 aliphatic rings. The van der Waals surface area contributed by atoms with Crippen LogP contribution >= 0.6 is 0 Å². The molecular formula is C39H53BO6. The lowest BCUT2D eigenvalue weighted by atomic mass is 9.80. The first-order valence-electron chi connectivity index (χ1n) is 16.2. The third kappa shape index (κ3) is 14.0. The van der Waals surface area contributed by atoms with Crippen molar-refractivity contribution in [3.05, 3.63) is 102 Å². The number of benzene rings is 4. The molecule has 0 atom stereocenters. The predicted molar refractivity (Wildman–Crippen MR) is 192 cm³/mol. The molecule has 0 bridgehead atoms. The van der Waals surface area contributed by atoms with Gasteiger partial charge in [0.05, 0.1) is 28.4 Å². The van der Waals surface area contributed by atoms with Gasteiger partial charge in [0.2, 0.25) is 0 Å². The lowest BCUT2D eigenvalue weighted by Crippen LogP contribution is -2.29. The Bertz CT molecular complexity index is 1340. The van der Waals surface area contributed by atoms with Crippen LogP contribution in [0.5, 0.6) is 23.0 Å². The number of hydrogen-bond donors (Lipinski definition) is 2. The molecule has 0 unspecified atom stereocenters. The number of aryl methyl sites for hydroxylation is 3. The molecular weight excluding hydrogens is 575 g/mol. The molecule has 0 aliphatic heterocycles. The van der Waals surface area contributed by atoms with E-state index in [0.29, 0.717) is 5.46 Å². The number of ether oxygens (including phenoxy) is 4. The van der Waals surface area contributed by atoms with Gasteiger partial charge in [-0.1, -0.05) is 88.1 Å². The molecule has 0 amide bonds. The van der Waals surface area contributed by atoms with Gasteiger partial charge >= 0.3 is 7.12 Å². The summed E-state index contributed by atoms with van der Waals surface area (Å²) in [5, 5.41) is 17.8. The smallest absolute Gasteiger partial charge is 0.488 e. The maximum Gasteiger partial charge on any atom is 0.488 e. The monoisotopic (exact) mass is 628 g/mol. The highest BCUT2D eigenvalue weighted by Gasteiger charge is 2.09. The van der Waals surface area contributed by atoms with E-state index in [-0.39, 0.29) is 0 Å². The van der Waals surface area contributed by atoms with Crippen molar-refractivity contribution < 1.29 is 29.0 Å². The minimum atomic E-state index is -1.35. The molecule has 248 valence electrons. The second-order valence-electron chi connectivity index (χ2n) is 11.2. The Labute approximate surface area is 277 Å². The fourth-order valence-corrected chi connectivity index (χ4v) is 4.80. The van der Waals surface area contributed by atoms with Crippen LogP contribution in [0.1, 0.15) is 69.1 Å². The van der Waals surface area contributed by atoms with Crippen LogP contribution in [0.2, 0.25) is 0 Å². The summed E-state index contributed by atoms with van der Waals surface area (Å²) in [6, 6.07) is 28.0. The summed E-state index contributed by atoms with van der Waals surface area (Å²) in [7, 11) is 5.30. The number of rotatable bonds is 14. The minimum Gasteiger partial charge on any atom is -0.497 e. The second kappa shape index (κ2) is 21.7. The van der Waals surface area contributed by atoms with Crippen LogP contribution in [0.3, 0.4) is 0 Å². The van der Waals surface area contributed by atoms with Crippen LogP contribution in [0, 0.1) is 6.92 Å². The Hall–Kier alpha value is -3.94. The molecule has 7 heteroatoms. The first-order chi connectivity index (χ1) is 22.3. The molecule has 0 aromatic heterocycles. The van der Waals surface area contributed by atoms with Crippen LogP contribution in [0.15, 0.2) is 84.9 Å². The molecule has 0 heterocycles. The lowest BCUT2D eigenvalue weighted by Gasteiger charge is -2.09. The van der Waals surface area contributed by atoms with Gasteiger partial charge in [-0.25, -0.2) is 0 Å². The molecule has 0 saturated carbocycles. The quantitative estimate of drug-likeness (QED) is 0.108. The average Bonchev–Trinajstić information content (AvgIpc) is 3.09. The van der Waals surface area contributed by atoms with Crippen molar-refractivity contribution in [1.82, 2.24) is 0 Å². The highest BCUT2D eigenvalue weighted by molar-refractivity contribution is 6.58. The Kier molecular flexibility index (Phi) is 18.1. The van der Waals surface area contributed by atoms with E-state index < -0.39 is 7.12 Å². The Morgan fingerprint density at radius 1 is 0.500 bits per heavy atom. The third-order valence-corrected chi connectivity index (χ3v) is 7.55. The fraction of sp³-hybridized carbons (Fsp3) is 0.385. The van der Waals surface area contributed by atoms with E-state index in [1.165, 1.54) is 55.2 Å². The van der Waals surface area contributed by atoms with Gasteiger partial charge in [-0.15, -0.1) is 0 Å². The number of hydrogen-bond acceptors (Lipinski definition) is 6. The largest absolute Gasteiger partial charge is 0.497 e. The maximum absolute atomic E-state index is 8.88. The van der Waals surface area contributed by atoms with Crippen molar-refractivity contribution in [2.24, 2.45) is 0 Å². The van der Waals surface area contributed by atoms with Crippen molar-refractivity contribution >= 4 is 12.6 Å². The van der Waals surface area contributed by atoms with Crippen molar-refractivity contribution in [2.45, 2.75) is 72.1 Å². The van der Waals surface area contributed by atoms with Gasteiger partial charge in [0.1, 0.15) is 23.0 Å². The lowest BCUT2D eigenvalue weighted by molar-refractivity contribution is 0.393. The van der Waals surface area contributed by atoms with Crippen LogP contribution in [0.25, 0.3) is 11.1 Å². The first kappa shape index (κ1) is 38.2. The molecule has 2 N–H and O–H groups in total. The highest BCUT2D eigenvalue weighted by Crippen LogP contribution is 2.30. The fourth-order valence-electron chi connectivity index (χ4n) is 4.80. The highest BCUT2D eigenvalue weighted by atomic mass is 16.5. The Balaban J connectivity index is 0.000000256. The van der Waals surface area contributed by atoms with Crippen LogP contribution in [0.4, 0.5) is 0 Å². The second-order valence-corrected chi connectivity index (χ2v) is 11.2. The van der Waals surface area contributed by atoms with Crippen molar-refractivity contribution in [2.75, 3.05) is 28.4 Å². The molecule has 6 nitrogen and oxygen atoms in total. The summed E-state index contributed by atoms with van der Waals surface area (Å²) in [6.07, 6.45) is 9.76. The molecule has 4 aromatic carbocycles. The first-order valence-corrected chi connectivity index (χ1v) is 16.2. The van der Waals surface area contributed by atoms with Crippen molar-refractivity contribution in [3.63, 3.8) is 0 Å². The summed E-state index contributed by atoms with van der Waals surface area (Å²) in [6.45, 7) is 6.43. The average molecular weight is 629 g/mol. The molecule has 4 aromatic rings.